The third-order valence-electron chi connectivity index (χ3n) is 3.74. The first-order valence-electron chi connectivity index (χ1n) is 7.29. The summed E-state index contributed by atoms with van der Waals surface area (Å²) in [7, 11) is 0. The van der Waals surface area contributed by atoms with Gasteiger partial charge in [-0.25, -0.2) is 0 Å². The van der Waals surface area contributed by atoms with Crippen molar-refractivity contribution in [2.75, 3.05) is 18.4 Å². The van der Waals surface area contributed by atoms with Gasteiger partial charge in [0, 0.05) is 12.6 Å². The summed E-state index contributed by atoms with van der Waals surface area (Å²) >= 11 is 0. The molecule has 7 heteroatoms. The van der Waals surface area contributed by atoms with Gasteiger partial charge < -0.3 is 20.7 Å². The summed E-state index contributed by atoms with van der Waals surface area (Å²) in [4.78, 5) is 24.0. The van der Waals surface area contributed by atoms with Crippen LogP contribution in [-0.4, -0.2) is 37.0 Å². The fraction of sp³-hybridized carbons (Fsp3) is 0.467. The Balaban J connectivity index is 0.00000176. The van der Waals surface area contributed by atoms with E-state index in [4.69, 9.17) is 4.74 Å². The number of ether oxygens (including phenoxy) is 1. The summed E-state index contributed by atoms with van der Waals surface area (Å²) in [6.45, 7) is 1.78. The molecule has 0 aromatic heterocycles. The molecule has 1 aromatic rings. The molecule has 0 spiro atoms. The van der Waals surface area contributed by atoms with Gasteiger partial charge >= 0.3 is 0 Å². The van der Waals surface area contributed by atoms with Crippen molar-refractivity contribution in [3.8, 4) is 5.75 Å². The standard InChI is InChI=1S/C15H19N3O3.ClH/c19-14(17-10-4-3-7-16-9-10)8-13-15(20)18-11-5-1-2-6-12(11)21-13;/h1-2,5-6,10,13,16H,3-4,7-9H2,(H,17,19)(H,18,20);1H/t10-,13?;/m0./s1. The van der Waals surface area contributed by atoms with E-state index in [1.54, 1.807) is 12.1 Å². The summed E-state index contributed by atoms with van der Waals surface area (Å²) in [5.74, 6) is 0.183. The van der Waals surface area contributed by atoms with E-state index in [1.165, 1.54) is 0 Å². The molecule has 2 heterocycles. The molecule has 2 amide bonds. The maximum atomic E-state index is 12.0. The Morgan fingerprint density at radius 3 is 2.95 bits per heavy atom. The number of hydrogen-bond donors (Lipinski definition) is 3. The highest BCUT2D eigenvalue weighted by atomic mass is 35.5. The highest BCUT2D eigenvalue weighted by Gasteiger charge is 2.30. The van der Waals surface area contributed by atoms with Gasteiger partial charge in [-0.15, -0.1) is 12.4 Å². The van der Waals surface area contributed by atoms with Crippen LogP contribution < -0.4 is 20.7 Å². The molecule has 0 radical (unpaired) electrons. The lowest BCUT2D eigenvalue weighted by Crippen LogP contribution is -2.48. The van der Waals surface area contributed by atoms with Gasteiger partial charge in [0.1, 0.15) is 5.75 Å². The SMILES string of the molecule is Cl.O=C(CC1Oc2ccccc2NC1=O)N[C@H]1CCCNC1. The van der Waals surface area contributed by atoms with E-state index < -0.39 is 6.10 Å². The fourth-order valence-corrected chi connectivity index (χ4v) is 2.66. The molecule has 3 rings (SSSR count). The van der Waals surface area contributed by atoms with E-state index in [2.05, 4.69) is 16.0 Å². The van der Waals surface area contributed by atoms with Gasteiger partial charge in [0.15, 0.2) is 6.10 Å². The number of halogens is 1. The predicted octanol–water partition coefficient (Wildman–Crippen LogP) is 1.07. The van der Waals surface area contributed by atoms with Crippen molar-refractivity contribution >= 4 is 29.9 Å². The molecule has 22 heavy (non-hydrogen) atoms. The van der Waals surface area contributed by atoms with Gasteiger partial charge in [-0.2, -0.15) is 0 Å². The fourth-order valence-electron chi connectivity index (χ4n) is 2.66. The Hall–Kier alpha value is -1.79. The van der Waals surface area contributed by atoms with E-state index >= 15 is 0 Å². The van der Waals surface area contributed by atoms with Gasteiger partial charge in [0.25, 0.3) is 5.91 Å². The molecular formula is C15H20ClN3O3. The normalized spacial score (nSPS) is 23.4. The smallest absolute Gasteiger partial charge is 0.266 e. The molecule has 0 aliphatic carbocycles. The number of hydrogen-bond acceptors (Lipinski definition) is 4. The summed E-state index contributed by atoms with van der Waals surface area (Å²) in [5.41, 5.74) is 0.649. The predicted molar refractivity (Wildman–Crippen MR) is 85.4 cm³/mol. The van der Waals surface area contributed by atoms with Crippen molar-refractivity contribution in [3.05, 3.63) is 24.3 Å². The van der Waals surface area contributed by atoms with Crippen LogP contribution in [0.5, 0.6) is 5.75 Å². The first kappa shape index (κ1) is 16.6. The topological polar surface area (TPSA) is 79.5 Å². The lowest BCUT2D eigenvalue weighted by molar-refractivity contribution is -0.130. The average molecular weight is 326 g/mol. The minimum absolute atomic E-state index is 0. The van der Waals surface area contributed by atoms with Gasteiger partial charge in [0.05, 0.1) is 12.1 Å². The molecule has 2 aliphatic rings. The number of piperidine rings is 1. The number of amides is 2. The largest absolute Gasteiger partial charge is 0.478 e. The summed E-state index contributed by atoms with van der Waals surface area (Å²) in [6.07, 6.45) is 1.30. The number of carbonyl (C=O) groups is 2. The average Bonchev–Trinajstić information content (AvgIpc) is 2.49. The Morgan fingerprint density at radius 1 is 1.36 bits per heavy atom. The van der Waals surface area contributed by atoms with E-state index in [9.17, 15) is 9.59 Å². The molecular weight excluding hydrogens is 306 g/mol. The molecule has 6 nitrogen and oxygen atoms in total. The molecule has 2 atom stereocenters. The van der Waals surface area contributed by atoms with Crippen LogP contribution in [0.1, 0.15) is 19.3 Å². The molecule has 1 saturated heterocycles. The highest BCUT2D eigenvalue weighted by molar-refractivity contribution is 5.99. The Kier molecular flexibility index (Phi) is 5.63. The summed E-state index contributed by atoms with van der Waals surface area (Å²) < 4.78 is 5.62. The highest BCUT2D eigenvalue weighted by Crippen LogP contribution is 2.29. The second-order valence-corrected chi connectivity index (χ2v) is 5.41. The first-order chi connectivity index (χ1) is 10.2. The van der Waals surface area contributed by atoms with Gasteiger partial charge in [-0.05, 0) is 31.5 Å². The van der Waals surface area contributed by atoms with Crippen molar-refractivity contribution < 1.29 is 14.3 Å². The van der Waals surface area contributed by atoms with Crippen LogP contribution >= 0.6 is 12.4 Å². The molecule has 3 N–H and O–H groups in total. The number of anilines is 1. The maximum Gasteiger partial charge on any atom is 0.266 e. The van der Waals surface area contributed by atoms with Crippen LogP contribution in [0.25, 0.3) is 0 Å². The quantitative estimate of drug-likeness (QED) is 0.776. The van der Waals surface area contributed by atoms with Crippen molar-refractivity contribution in [2.45, 2.75) is 31.4 Å². The molecule has 1 aromatic carbocycles. The number of carbonyl (C=O) groups excluding carboxylic acids is 2. The zero-order valence-electron chi connectivity index (χ0n) is 12.1. The molecule has 2 aliphatic heterocycles. The third kappa shape index (κ3) is 3.90. The van der Waals surface area contributed by atoms with Crippen molar-refractivity contribution in [1.29, 1.82) is 0 Å². The molecule has 1 fully saturated rings. The van der Waals surface area contributed by atoms with Crippen molar-refractivity contribution in [1.82, 2.24) is 10.6 Å². The van der Waals surface area contributed by atoms with Gasteiger partial charge in [-0.3, -0.25) is 9.59 Å². The zero-order chi connectivity index (χ0) is 14.7. The summed E-state index contributed by atoms with van der Waals surface area (Å²) in [6, 6.07) is 7.36. The second kappa shape index (κ2) is 7.47. The van der Waals surface area contributed by atoms with Crippen molar-refractivity contribution in [2.24, 2.45) is 0 Å². The number of benzene rings is 1. The monoisotopic (exact) mass is 325 g/mol. The lowest BCUT2D eigenvalue weighted by atomic mass is 10.1. The Morgan fingerprint density at radius 2 is 2.18 bits per heavy atom. The minimum Gasteiger partial charge on any atom is -0.478 e. The number of fused-ring (bicyclic) bond motifs is 1. The van der Waals surface area contributed by atoms with Crippen molar-refractivity contribution in [3.63, 3.8) is 0 Å². The number of para-hydroxylation sites is 2. The first-order valence-corrected chi connectivity index (χ1v) is 7.29. The van der Waals surface area contributed by atoms with E-state index in [-0.39, 0.29) is 36.7 Å². The molecule has 0 bridgehead atoms. The lowest BCUT2D eigenvalue weighted by Gasteiger charge is -2.27. The minimum atomic E-state index is -0.767. The van der Waals surface area contributed by atoms with Crippen LogP contribution in [0.4, 0.5) is 5.69 Å². The summed E-state index contributed by atoms with van der Waals surface area (Å²) in [5, 5.41) is 8.95. The van der Waals surface area contributed by atoms with Crippen LogP contribution in [0.3, 0.4) is 0 Å². The molecule has 0 saturated carbocycles. The van der Waals surface area contributed by atoms with Crippen LogP contribution in [0.15, 0.2) is 24.3 Å². The number of nitrogens with one attached hydrogen (secondary N) is 3. The maximum absolute atomic E-state index is 12.0. The number of rotatable bonds is 3. The third-order valence-corrected chi connectivity index (χ3v) is 3.74. The van der Waals surface area contributed by atoms with E-state index in [0.29, 0.717) is 11.4 Å². The van der Waals surface area contributed by atoms with Gasteiger partial charge in [0.2, 0.25) is 5.91 Å². The van der Waals surface area contributed by atoms with E-state index in [0.717, 1.165) is 25.9 Å². The van der Waals surface area contributed by atoms with Gasteiger partial charge in [-0.1, -0.05) is 12.1 Å². The zero-order valence-corrected chi connectivity index (χ0v) is 12.9. The second-order valence-electron chi connectivity index (χ2n) is 5.41. The van der Waals surface area contributed by atoms with Crippen LogP contribution in [-0.2, 0) is 9.59 Å². The van der Waals surface area contributed by atoms with Crippen LogP contribution in [0, 0.1) is 0 Å². The Labute approximate surface area is 135 Å². The molecule has 120 valence electrons. The van der Waals surface area contributed by atoms with Crippen LogP contribution in [0.2, 0.25) is 0 Å². The van der Waals surface area contributed by atoms with E-state index in [1.807, 2.05) is 12.1 Å². The Bertz CT molecular complexity index is 547. The molecule has 1 unspecified atom stereocenters.